The first-order valence-electron chi connectivity index (χ1n) is 9.09. The fraction of sp³-hybridized carbons (Fsp3) is 0.300. The number of aromatic nitrogens is 2. The molecule has 1 aliphatic heterocycles. The molecule has 0 saturated carbocycles. The van der Waals surface area contributed by atoms with Crippen molar-refractivity contribution in [2.45, 2.75) is 25.8 Å². The number of para-hydroxylation sites is 1. The van der Waals surface area contributed by atoms with E-state index >= 15 is 0 Å². The van der Waals surface area contributed by atoms with Gasteiger partial charge in [0, 0.05) is 24.7 Å². The van der Waals surface area contributed by atoms with Crippen molar-refractivity contribution in [1.82, 2.24) is 15.3 Å². The predicted molar refractivity (Wildman–Crippen MR) is 102 cm³/mol. The van der Waals surface area contributed by atoms with Crippen LogP contribution in [0.3, 0.4) is 0 Å². The summed E-state index contributed by atoms with van der Waals surface area (Å²) in [5.74, 6) is 0.208. The maximum absolute atomic E-state index is 12.4. The second kappa shape index (κ2) is 7.57. The van der Waals surface area contributed by atoms with Crippen LogP contribution in [-0.4, -0.2) is 29.0 Å². The summed E-state index contributed by atoms with van der Waals surface area (Å²) in [6.45, 7) is 2.12. The molecule has 7 heteroatoms. The van der Waals surface area contributed by atoms with Gasteiger partial charge in [-0.1, -0.05) is 18.2 Å². The van der Waals surface area contributed by atoms with Crippen LogP contribution in [0.2, 0.25) is 0 Å². The second-order valence-corrected chi connectivity index (χ2v) is 6.56. The molecule has 1 saturated heterocycles. The molecule has 0 aliphatic carbocycles. The highest BCUT2D eigenvalue weighted by molar-refractivity contribution is 5.96. The topological polar surface area (TPSA) is 88.3 Å². The monoisotopic (exact) mass is 364 g/mol. The van der Waals surface area contributed by atoms with Gasteiger partial charge in [-0.3, -0.25) is 4.79 Å². The number of hydrogen-bond acceptors (Lipinski definition) is 6. The van der Waals surface area contributed by atoms with Crippen LogP contribution >= 0.6 is 0 Å². The maximum atomic E-state index is 12.4. The van der Waals surface area contributed by atoms with E-state index < -0.39 is 11.5 Å². The highest BCUT2D eigenvalue weighted by atomic mass is 16.4. The summed E-state index contributed by atoms with van der Waals surface area (Å²) in [6.07, 6.45) is 5.22. The lowest BCUT2D eigenvalue weighted by atomic mass is 10.1. The van der Waals surface area contributed by atoms with E-state index in [4.69, 9.17) is 4.42 Å². The van der Waals surface area contributed by atoms with Crippen LogP contribution in [-0.2, 0) is 6.54 Å². The number of rotatable bonds is 4. The lowest BCUT2D eigenvalue weighted by Crippen LogP contribution is -2.32. The standard InChI is InChI=1S/C20H20N4O3/c25-18(16-12-14-6-2-3-7-17(14)27-19(16)26)22-13-15-8-9-21-20(23-15)24-10-4-1-5-11-24/h2-3,6-9,12H,1,4-5,10-11,13H2,(H,22,25). The Labute approximate surface area is 156 Å². The summed E-state index contributed by atoms with van der Waals surface area (Å²) in [5, 5.41) is 3.45. The number of carbonyl (C=O) groups is 1. The Morgan fingerprint density at radius 1 is 1.15 bits per heavy atom. The molecule has 3 heterocycles. The lowest BCUT2D eigenvalue weighted by Gasteiger charge is -2.26. The zero-order valence-corrected chi connectivity index (χ0v) is 14.9. The first kappa shape index (κ1) is 17.2. The van der Waals surface area contributed by atoms with Crippen molar-refractivity contribution in [3.05, 3.63) is 64.3 Å². The molecule has 4 rings (SSSR count). The van der Waals surface area contributed by atoms with Gasteiger partial charge >= 0.3 is 5.63 Å². The number of benzene rings is 1. The molecule has 0 radical (unpaired) electrons. The number of anilines is 1. The highest BCUT2D eigenvalue weighted by Crippen LogP contribution is 2.15. The molecule has 1 aliphatic rings. The molecule has 1 fully saturated rings. The Morgan fingerprint density at radius 3 is 2.81 bits per heavy atom. The molecule has 27 heavy (non-hydrogen) atoms. The van der Waals surface area contributed by atoms with Gasteiger partial charge in [-0.25, -0.2) is 14.8 Å². The average molecular weight is 364 g/mol. The number of hydrogen-bond donors (Lipinski definition) is 1. The number of nitrogens with zero attached hydrogens (tertiary/aromatic N) is 3. The van der Waals surface area contributed by atoms with Crippen LogP contribution in [0, 0.1) is 0 Å². The zero-order chi connectivity index (χ0) is 18.6. The minimum absolute atomic E-state index is 0.0148. The van der Waals surface area contributed by atoms with Crippen LogP contribution < -0.4 is 15.8 Å². The quantitative estimate of drug-likeness (QED) is 0.716. The molecule has 7 nitrogen and oxygen atoms in total. The van der Waals surface area contributed by atoms with Gasteiger partial charge in [-0.2, -0.15) is 0 Å². The van der Waals surface area contributed by atoms with Gasteiger partial charge in [0.1, 0.15) is 11.1 Å². The van der Waals surface area contributed by atoms with Crippen LogP contribution in [0.5, 0.6) is 0 Å². The normalized spacial score (nSPS) is 14.3. The third-order valence-electron chi connectivity index (χ3n) is 4.66. The van der Waals surface area contributed by atoms with Crippen molar-refractivity contribution in [1.29, 1.82) is 0 Å². The first-order valence-corrected chi connectivity index (χ1v) is 9.09. The summed E-state index contributed by atoms with van der Waals surface area (Å²) in [7, 11) is 0. The molecular weight excluding hydrogens is 344 g/mol. The van der Waals surface area contributed by atoms with Gasteiger partial charge in [-0.05, 0) is 37.5 Å². The molecule has 0 unspecified atom stereocenters. The van der Waals surface area contributed by atoms with E-state index in [0.29, 0.717) is 22.6 Å². The molecule has 2 aromatic heterocycles. The molecule has 0 bridgehead atoms. The number of carbonyl (C=O) groups excluding carboxylic acids is 1. The Morgan fingerprint density at radius 2 is 1.96 bits per heavy atom. The predicted octanol–water partition coefficient (Wildman–Crippen LogP) is 2.50. The molecule has 1 N–H and O–H groups in total. The number of nitrogens with one attached hydrogen (secondary N) is 1. The Kier molecular flexibility index (Phi) is 4.82. The van der Waals surface area contributed by atoms with Crippen LogP contribution in [0.15, 0.2) is 51.8 Å². The zero-order valence-electron chi connectivity index (χ0n) is 14.9. The summed E-state index contributed by atoms with van der Waals surface area (Å²) in [4.78, 5) is 35.6. The highest BCUT2D eigenvalue weighted by Gasteiger charge is 2.16. The van der Waals surface area contributed by atoms with Crippen LogP contribution in [0.25, 0.3) is 11.0 Å². The molecule has 0 spiro atoms. The SMILES string of the molecule is O=C(NCc1ccnc(N2CCCCC2)n1)c1cc2ccccc2oc1=O. The minimum Gasteiger partial charge on any atom is -0.422 e. The third-order valence-corrected chi connectivity index (χ3v) is 4.66. The molecule has 1 amide bonds. The van der Waals surface area contributed by atoms with Crippen LogP contribution in [0.4, 0.5) is 5.95 Å². The molecule has 0 atom stereocenters. The smallest absolute Gasteiger partial charge is 0.349 e. The Hall–Kier alpha value is -3.22. The largest absolute Gasteiger partial charge is 0.422 e. The van der Waals surface area contributed by atoms with E-state index in [0.717, 1.165) is 25.9 Å². The molecule has 138 valence electrons. The van der Waals surface area contributed by atoms with Crippen molar-refractivity contribution >= 4 is 22.8 Å². The van der Waals surface area contributed by atoms with Crippen molar-refractivity contribution in [3.8, 4) is 0 Å². The van der Waals surface area contributed by atoms with Gasteiger partial charge in [0.2, 0.25) is 5.95 Å². The van der Waals surface area contributed by atoms with E-state index in [-0.39, 0.29) is 12.1 Å². The van der Waals surface area contributed by atoms with E-state index in [1.807, 2.05) is 6.07 Å². The number of amides is 1. The fourth-order valence-electron chi connectivity index (χ4n) is 3.22. The molecule has 1 aromatic carbocycles. The Balaban J connectivity index is 1.48. The van der Waals surface area contributed by atoms with Crippen LogP contribution in [0.1, 0.15) is 35.3 Å². The Bertz CT molecular complexity index is 1020. The fourth-order valence-corrected chi connectivity index (χ4v) is 3.22. The van der Waals surface area contributed by atoms with Crippen molar-refractivity contribution < 1.29 is 9.21 Å². The van der Waals surface area contributed by atoms with E-state index in [1.54, 1.807) is 36.5 Å². The average Bonchev–Trinajstić information content (AvgIpc) is 2.72. The maximum Gasteiger partial charge on any atom is 0.349 e. The number of piperidine rings is 1. The van der Waals surface area contributed by atoms with Gasteiger partial charge in [0.25, 0.3) is 5.91 Å². The van der Waals surface area contributed by atoms with Gasteiger partial charge < -0.3 is 14.6 Å². The van der Waals surface area contributed by atoms with Crippen molar-refractivity contribution in [2.75, 3.05) is 18.0 Å². The minimum atomic E-state index is -0.650. The van der Waals surface area contributed by atoms with Gasteiger partial charge in [0.05, 0.1) is 12.2 Å². The second-order valence-electron chi connectivity index (χ2n) is 6.56. The van der Waals surface area contributed by atoms with E-state index in [1.165, 1.54) is 6.42 Å². The first-order chi connectivity index (χ1) is 13.2. The molecule has 3 aromatic rings. The summed E-state index contributed by atoms with van der Waals surface area (Å²) in [6, 6.07) is 10.4. The summed E-state index contributed by atoms with van der Waals surface area (Å²) in [5.41, 5.74) is 0.493. The summed E-state index contributed by atoms with van der Waals surface area (Å²) >= 11 is 0. The van der Waals surface area contributed by atoms with Crippen molar-refractivity contribution in [2.24, 2.45) is 0 Å². The van der Waals surface area contributed by atoms with E-state index in [2.05, 4.69) is 20.2 Å². The third kappa shape index (κ3) is 3.81. The van der Waals surface area contributed by atoms with E-state index in [9.17, 15) is 9.59 Å². The van der Waals surface area contributed by atoms with Crippen molar-refractivity contribution in [3.63, 3.8) is 0 Å². The van der Waals surface area contributed by atoms with Gasteiger partial charge in [0.15, 0.2) is 0 Å². The lowest BCUT2D eigenvalue weighted by molar-refractivity contribution is 0.0947. The molecular formula is C20H20N4O3. The van der Waals surface area contributed by atoms with Gasteiger partial charge in [-0.15, -0.1) is 0 Å². The summed E-state index contributed by atoms with van der Waals surface area (Å²) < 4.78 is 5.22. The number of fused-ring (bicyclic) bond motifs is 1.